The van der Waals surface area contributed by atoms with E-state index in [4.69, 9.17) is 10.2 Å². The van der Waals surface area contributed by atoms with Crippen molar-refractivity contribution in [2.75, 3.05) is 18.5 Å². The minimum atomic E-state index is -1.33. The van der Waals surface area contributed by atoms with Gasteiger partial charge >= 0.3 is 5.97 Å². The molecule has 0 heterocycles. The SMILES string of the molecule is CCCC(CCO)CNc1ccc([N+](=O)[O-])c(C(=O)O)c1. The van der Waals surface area contributed by atoms with Crippen LogP contribution in [0.15, 0.2) is 18.2 Å². The summed E-state index contributed by atoms with van der Waals surface area (Å²) in [7, 11) is 0. The highest BCUT2D eigenvalue weighted by molar-refractivity contribution is 5.93. The first-order valence-corrected chi connectivity index (χ1v) is 6.86. The molecule has 0 aliphatic rings. The molecular formula is C14H20N2O5. The summed E-state index contributed by atoms with van der Waals surface area (Å²) in [5.41, 5.74) is -0.232. The maximum Gasteiger partial charge on any atom is 0.342 e. The summed E-state index contributed by atoms with van der Waals surface area (Å²) in [5.74, 6) is -1.05. The normalized spacial score (nSPS) is 11.9. The highest BCUT2D eigenvalue weighted by atomic mass is 16.6. The monoisotopic (exact) mass is 296 g/mol. The molecule has 1 aromatic rings. The lowest BCUT2D eigenvalue weighted by molar-refractivity contribution is -0.385. The van der Waals surface area contributed by atoms with Gasteiger partial charge in [0.25, 0.3) is 5.69 Å². The van der Waals surface area contributed by atoms with Crippen LogP contribution in [0.4, 0.5) is 11.4 Å². The summed E-state index contributed by atoms with van der Waals surface area (Å²) in [6, 6.07) is 3.95. The van der Waals surface area contributed by atoms with Crippen molar-refractivity contribution in [2.45, 2.75) is 26.2 Å². The number of aliphatic hydroxyl groups is 1. The van der Waals surface area contributed by atoms with Crippen molar-refractivity contribution in [2.24, 2.45) is 5.92 Å². The maximum atomic E-state index is 11.1. The van der Waals surface area contributed by atoms with Crippen molar-refractivity contribution in [3.05, 3.63) is 33.9 Å². The predicted molar refractivity (Wildman–Crippen MR) is 78.6 cm³/mol. The molecular weight excluding hydrogens is 276 g/mol. The smallest absolute Gasteiger partial charge is 0.342 e. The van der Waals surface area contributed by atoms with Crippen molar-refractivity contribution in [3.63, 3.8) is 0 Å². The highest BCUT2D eigenvalue weighted by Gasteiger charge is 2.20. The molecule has 0 bridgehead atoms. The molecule has 3 N–H and O–H groups in total. The lowest BCUT2D eigenvalue weighted by atomic mass is 10.00. The summed E-state index contributed by atoms with van der Waals surface area (Å²) in [6.07, 6.45) is 2.61. The Morgan fingerprint density at radius 3 is 2.67 bits per heavy atom. The Bertz CT molecular complexity index is 498. The second-order valence-electron chi connectivity index (χ2n) is 4.84. The number of nitrogens with one attached hydrogen (secondary N) is 1. The van der Waals surface area contributed by atoms with E-state index < -0.39 is 16.6 Å². The molecule has 116 valence electrons. The molecule has 0 spiro atoms. The summed E-state index contributed by atoms with van der Waals surface area (Å²) in [6.45, 7) is 2.75. The minimum absolute atomic E-state index is 0.104. The van der Waals surface area contributed by atoms with Gasteiger partial charge < -0.3 is 15.5 Å². The quantitative estimate of drug-likeness (QED) is 0.476. The number of rotatable bonds is 9. The van der Waals surface area contributed by atoms with E-state index in [0.717, 1.165) is 12.8 Å². The molecule has 0 amide bonds. The third-order valence-corrected chi connectivity index (χ3v) is 3.25. The van der Waals surface area contributed by atoms with E-state index in [1.54, 1.807) is 0 Å². The number of hydrogen-bond donors (Lipinski definition) is 3. The molecule has 7 heteroatoms. The summed E-state index contributed by atoms with van der Waals surface area (Å²) in [5, 5.41) is 31.9. The van der Waals surface area contributed by atoms with Gasteiger partial charge in [-0.25, -0.2) is 4.79 Å². The minimum Gasteiger partial charge on any atom is -0.477 e. The number of carboxylic acids is 1. The third-order valence-electron chi connectivity index (χ3n) is 3.25. The van der Waals surface area contributed by atoms with Gasteiger partial charge in [0.2, 0.25) is 0 Å². The van der Waals surface area contributed by atoms with Crippen LogP contribution in [-0.4, -0.2) is 34.3 Å². The highest BCUT2D eigenvalue weighted by Crippen LogP contribution is 2.23. The molecule has 1 rings (SSSR count). The lowest BCUT2D eigenvalue weighted by Gasteiger charge is -2.16. The zero-order valence-electron chi connectivity index (χ0n) is 11.9. The Morgan fingerprint density at radius 2 is 2.14 bits per heavy atom. The summed E-state index contributed by atoms with van der Waals surface area (Å²) < 4.78 is 0. The number of nitro benzene ring substituents is 1. The Morgan fingerprint density at radius 1 is 1.43 bits per heavy atom. The van der Waals surface area contributed by atoms with Crippen LogP contribution < -0.4 is 5.32 Å². The maximum absolute atomic E-state index is 11.1. The summed E-state index contributed by atoms with van der Waals surface area (Å²) in [4.78, 5) is 21.1. The van der Waals surface area contributed by atoms with E-state index in [1.807, 2.05) is 0 Å². The largest absolute Gasteiger partial charge is 0.477 e. The van der Waals surface area contributed by atoms with Gasteiger partial charge in [0.1, 0.15) is 5.56 Å². The predicted octanol–water partition coefficient (Wildman–Crippen LogP) is 2.50. The van der Waals surface area contributed by atoms with Gasteiger partial charge in [0, 0.05) is 24.9 Å². The molecule has 0 fully saturated rings. The molecule has 1 unspecified atom stereocenters. The molecule has 1 atom stereocenters. The van der Waals surface area contributed by atoms with Gasteiger partial charge in [-0.05, 0) is 30.9 Å². The fourth-order valence-corrected chi connectivity index (χ4v) is 2.18. The Hall–Kier alpha value is -2.15. The fourth-order valence-electron chi connectivity index (χ4n) is 2.18. The molecule has 1 aromatic carbocycles. The van der Waals surface area contributed by atoms with E-state index in [0.29, 0.717) is 18.7 Å². The first-order valence-electron chi connectivity index (χ1n) is 6.86. The van der Waals surface area contributed by atoms with E-state index in [2.05, 4.69) is 12.2 Å². The van der Waals surface area contributed by atoms with E-state index >= 15 is 0 Å². The fraction of sp³-hybridized carbons (Fsp3) is 0.500. The number of nitro groups is 1. The number of aromatic carboxylic acids is 1. The molecule has 21 heavy (non-hydrogen) atoms. The van der Waals surface area contributed by atoms with Crippen LogP contribution in [0.5, 0.6) is 0 Å². The first kappa shape index (κ1) is 16.9. The van der Waals surface area contributed by atoms with E-state index in [1.165, 1.54) is 18.2 Å². The first-order chi connectivity index (χ1) is 9.99. The molecule has 0 aliphatic carbocycles. The second-order valence-corrected chi connectivity index (χ2v) is 4.84. The van der Waals surface area contributed by atoms with Gasteiger partial charge in [-0.15, -0.1) is 0 Å². The number of carboxylic acid groups (broad SMARTS) is 1. The van der Waals surface area contributed by atoms with Gasteiger partial charge in [0.05, 0.1) is 4.92 Å². The average Bonchev–Trinajstić information content (AvgIpc) is 2.44. The third kappa shape index (κ3) is 5.03. The average molecular weight is 296 g/mol. The summed E-state index contributed by atoms with van der Waals surface area (Å²) >= 11 is 0. The van der Waals surface area contributed by atoms with E-state index in [-0.39, 0.29) is 18.1 Å². The Kier molecular flexibility index (Phi) is 6.61. The molecule has 7 nitrogen and oxygen atoms in total. The van der Waals surface area contributed by atoms with Crippen molar-refractivity contribution >= 4 is 17.3 Å². The number of anilines is 1. The van der Waals surface area contributed by atoms with Crippen LogP contribution >= 0.6 is 0 Å². The van der Waals surface area contributed by atoms with Crippen LogP contribution in [-0.2, 0) is 0 Å². The van der Waals surface area contributed by atoms with Crippen LogP contribution in [0, 0.1) is 16.0 Å². The lowest BCUT2D eigenvalue weighted by Crippen LogP contribution is -2.16. The number of nitrogens with zero attached hydrogens (tertiary/aromatic N) is 1. The molecule has 0 radical (unpaired) electrons. The number of hydrogen-bond acceptors (Lipinski definition) is 5. The van der Waals surface area contributed by atoms with Gasteiger partial charge in [0.15, 0.2) is 0 Å². The number of carbonyl (C=O) groups is 1. The van der Waals surface area contributed by atoms with Crippen molar-refractivity contribution < 1.29 is 19.9 Å². The molecule has 0 saturated carbocycles. The second kappa shape index (κ2) is 8.21. The van der Waals surface area contributed by atoms with Crippen molar-refractivity contribution in [3.8, 4) is 0 Å². The number of aliphatic hydroxyl groups excluding tert-OH is 1. The van der Waals surface area contributed by atoms with Crippen LogP contribution in [0.3, 0.4) is 0 Å². The van der Waals surface area contributed by atoms with E-state index in [9.17, 15) is 14.9 Å². The van der Waals surface area contributed by atoms with Crippen molar-refractivity contribution in [1.82, 2.24) is 0 Å². The Balaban J connectivity index is 2.82. The standard InChI is InChI=1S/C14H20N2O5/c1-2-3-10(6-7-17)9-15-11-4-5-13(16(20)21)12(8-11)14(18)19/h4-5,8,10,15,17H,2-3,6-7,9H2,1H3,(H,18,19). The molecule has 0 aromatic heterocycles. The van der Waals surface area contributed by atoms with Crippen LogP contribution in [0.25, 0.3) is 0 Å². The van der Waals surface area contributed by atoms with Gasteiger partial charge in [-0.2, -0.15) is 0 Å². The Labute approximate surface area is 122 Å². The van der Waals surface area contributed by atoms with Crippen LogP contribution in [0.2, 0.25) is 0 Å². The molecule has 0 saturated heterocycles. The molecule has 0 aliphatic heterocycles. The van der Waals surface area contributed by atoms with Crippen LogP contribution in [0.1, 0.15) is 36.5 Å². The topological polar surface area (TPSA) is 113 Å². The van der Waals surface area contributed by atoms with Gasteiger partial charge in [-0.1, -0.05) is 13.3 Å². The van der Waals surface area contributed by atoms with Crippen molar-refractivity contribution in [1.29, 1.82) is 0 Å². The number of benzene rings is 1. The zero-order chi connectivity index (χ0) is 15.8. The van der Waals surface area contributed by atoms with Gasteiger partial charge in [-0.3, -0.25) is 10.1 Å². The zero-order valence-corrected chi connectivity index (χ0v) is 11.9.